The molecule has 2 unspecified atom stereocenters. The molecule has 0 amide bonds. The largest absolute Gasteiger partial charge is 0.396 e. The van der Waals surface area contributed by atoms with Crippen molar-refractivity contribution in [3.05, 3.63) is 35.4 Å². The van der Waals surface area contributed by atoms with E-state index in [-0.39, 0.29) is 0 Å². The Labute approximate surface area is 122 Å². The minimum atomic E-state index is 0.336. The average molecular weight is 273 g/mol. The number of nitrogens with zero attached hydrogens (tertiary/aromatic N) is 1. The zero-order valence-electron chi connectivity index (χ0n) is 12.4. The lowest BCUT2D eigenvalue weighted by molar-refractivity contribution is 0.110. The quantitative estimate of drug-likeness (QED) is 0.909. The standard InChI is InChI=1S/C18H27NO/c20-13-11-17-9-3-4-12-19(17)14-16-8-5-7-15-6-1-2-10-18(15)16/h1-2,6,10,16-17,20H,3-5,7-9,11-14H2. The molecule has 1 saturated heterocycles. The molecule has 20 heavy (non-hydrogen) atoms. The van der Waals surface area contributed by atoms with E-state index in [1.165, 1.54) is 51.6 Å². The summed E-state index contributed by atoms with van der Waals surface area (Å²) in [6.45, 7) is 2.76. The lowest BCUT2D eigenvalue weighted by Crippen LogP contribution is -2.42. The predicted octanol–water partition coefficient (Wildman–Crippen LogP) is 3.34. The molecule has 3 rings (SSSR count). The van der Waals surface area contributed by atoms with Crippen molar-refractivity contribution in [2.45, 2.75) is 56.9 Å². The van der Waals surface area contributed by atoms with Crippen LogP contribution in [0.1, 0.15) is 55.6 Å². The second-order valence-electron chi connectivity index (χ2n) is 6.44. The van der Waals surface area contributed by atoms with Gasteiger partial charge in [0.15, 0.2) is 0 Å². The van der Waals surface area contributed by atoms with E-state index >= 15 is 0 Å². The van der Waals surface area contributed by atoms with E-state index in [9.17, 15) is 5.11 Å². The molecule has 1 aromatic carbocycles. The topological polar surface area (TPSA) is 23.5 Å². The fraction of sp³-hybridized carbons (Fsp3) is 0.667. The van der Waals surface area contributed by atoms with Crippen LogP contribution in [0.2, 0.25) is 0 Å². The highest BCUT2D eigenvalue weighted by Crippen LogP contribution is 2.33. The number of fused-ring (bicyclic) bond motifs is 1. The van der Waals surface area contributed by atoms with Gasteiger partial charge in [-0.3, -0.25) is 4.90 Å². The molecule has 1 N–H and O–H groups in total. The molecule has 1 fully saturated rings. The zero-order chi connectivity index (χ0) is 13.8. The van der Waals surface area contributed by atoms with Crippen LogP contribution in [0.3, 0.4) is 0 Å². The smallest absolute Gasteiger partial charge is 0.0445 e. The van der Waals surface area contributed by atoms with Gasteiger partial charge in [0.25, 0.3) is 0 Å². The SMILES string of the molecule is OCCC1CCCCN1CC1CCCc2ccccc21. The number of likely N-dealkylation sites (tertiary alicyclic amines) is 1. The van der Waals surface area contributed by atoms with E-state index in [4.69, 9.17) is 0 Å². The lowest BCUT2D eigenvalue weighted by Gasteiger charge is -2.39. The molecule has 1 heterocycles. The van der Waals surface area contributed by atoms with Crippen molar-refractivity contribution < 1.29 is 5.11 Å². The van der Waals surface area contributed by atoms with E-state index in [1.807, 2.05) is 0 Å². The fourth-order valence-electron chi connectivity index (χ4n) is 4.10. The van der Waals surface area contributed by atoms with Crippen molar-refractivity contribution in [3.63, 3.8) is 0 Å². The normalized spacial score (nSPS) is 27.2. The second kappa shape index (κ2) is 6.73. The zero-order valence-corrected chi connectivity index (χ0v) is 12.4. The minimum Gasteiger partial charge on any atom is -0.396 e. The van der Waals surface area contributed by atoms with E-state index < -0.39 is 0 Å². The summed E-state index contributed by atoms with van der Waals surface area (Å²) in [6, 6.07) is 9.63. The molecule has 1 aliphatic heterocycles. The first-order chi connectivity index (χ1) is 9.88. The van der Waals surface area contributed by atoms with Crippen molar-refractivity contribution in [3.8, 4) is 0 Å². The van der Waals surface area contributed by atoms with Gasteiger partial charge in [-0.15, -0.1) is 0 Å². The Kier molecular flexibility index (Phi) is 4.74. The van der Waals surface area contributed by atoms with Gasteiger partial charge in [0.05, 0.1) is 0 Å². The van der Waals surface area contributed by atoms with Crippen molar-refractivity contribution in [1.82, 2.24) is 4.90 Å². The molecule has 1 aliphatic carbocycles. The summed E-state index contributed by atoms with van der Waals surface area (Å²) in [5, 5.41) is 9.27. The molecule has 110 valence electrons. The Bertz CT molecular complexity index is 429. The molecule has 2 aliphatic rings. The van der Waals surface area contributed by atoms with Gasteiger partial charge >= 0.3 is 0 Å². The molecule has 2 atom stereocenters. The fourth-order valence-corrected chi connectivity index (χ4v) is 4.10. The number of rotatable bonds is 4. The summed E-state index contributed by atoms with van der Waals surface area (Å²) in [4.78, 5) is 2.66. The van der Waals surface area contributed by atoms with Crippen molar-refractivity contribution >= 4 is 0 Å². The third-order valence-electron chi connectivity index (χ3n) is 5.16. The molecule has 2 nitrogen and oxygen atoms in total. The van der Waals surface area contributed by atoms with Gasteiger partial charge < -0.3 is 5.11 Å². The average Bonchev–Trinajstić information content (AvgIpc) is 2.50. The molecule has 0 bridgehead atoms. The number of aryl methyl sites for hydroxylation is 1. The van der Waals surface area contributed by atoms with Gasteiger partial charge in [0, 0.05) is 19.2 Å². The van der Waals surface area contributed by atoms with Crippen molar-refractivity contribution in [2.75, 3.05) is 19.7 Å². The van der Waals surface area contributed by atoms with Crippen LogP contribution in [0.4, 0.5) is 0 Å². The van der Waals surface area contributed by atoms with Crippen LogP contribution in [0.25, 0.3) is 0 Å². The van der Waals surface area contributed by atoms with Gasteiger partial charge in [-0.25, -0.2) is 0 Å². The Balaban J connectivity index is 1.71. The number of aliphatic hydroxyl groups is 1. The number of piperidine rings is 1. The molecule has 0 aromatic heterocycles. The first-order valence-corrected chi connectivity index (χ1v) is 8.31. The number of hydrogen-bond donors (Lipinski definition) is 1. The van der Waals surface area contributed by atoms with E-state index in [1.54, 1.807) is 11.1 Å². The van der Waals surface area contributed by atoms with Gasteiger partial charge in [-0.1, -0.05) is 30.7 Å². The van der Waals surface area contributed by atoms with Crippen molar-refractivity contribution in [2.24, 2.45) is 0 Å². The van der Waals surface area contributed by atoms with Crippen LogP contribution in [0.5, 0.6) is 0 Å². The molecule has 0 radical (unpaired) electrons. The summed E-state index contributed by atoms with van der Waals surface area (Å²) in [5.74, 6) is 0.708. The number of aliphatic hydroxyl groups excluding tert-OH is 1. The van der Waals surface area contributed by atoms with E-state index in [2.05, 4.69) is 29.2 Å². The first-order valence-electron chi connectivity index (χ1n) is 8.31. The van der Waals surface area contributed by atoms with Gasteiger partial charge in [0.1, 0.15) is 0 Å². The maximum atomic E-state index is 9.27. The number of hydrogen-bond acceptors (Lipinski definition) is 2. The van der Waals surface area contributed by atoms with Crippen LogP contribution in [-0.4, -0.2) is 35.7 Å². The van der Waals surface area contributed by atoms with Crippen LogP contribution < -0.4 is 0 Å². The van der Waals surface area contributed by atoms with Crippen molar-refractivity contribution in [1.29, 1.82) is 0 Å². The molecular weight excluding hydrogens is 246 g/mol. The van der Waals surface area contributed by atoms with E-state index in [0.717, 1.165) is 6.42 Å². The van der Waals surface area contributed by atoms with Gasteiger partial charge in [-0.05, 0) is 62.1 Å². The van der Waals surface area contributed by atoms with Crippen LogP contribution in [-0.2, 0) is 6.42 Å². The molecule has 0 saturated carbocycles. The maximum absolute atomic E-state index is 9.27. The van der Waals surface area contributed by atoms with Crippen LogP contribution in [0, 0.1) is 0 Å². The summed E-state index contributed by atoms with van der Waals surface area (Å²) >= 11 is 0. The molecular formula is C18H27NO. The first kappa shape index (κ1) is 14.1. The van der Waals surface area contributed by atoms with Crippen LogP contribution in [0.15, 0.2) is 24.3 Å². The highest BCUT2D eigenvalue weighted by Gasteiger charge is 2.27. The second-order valence-corrected chi connectivity index (χ2v) is 6.44. The summed E-state index contributed by atoms with van der Waals surface area (Å²) in [6.07, 6.45) is 8.81. The number of benzene rings is 1. The third-order valence-corrected chi connectivity index (χ3v) is 5.16. The molecule has 2 heteroatoms. The monoisotopic (exact) mass is 273 g/mol. The Hall–Kier alpha value is -0.860. The predicted molar refractivity (Wildman–Crippen MR) is 83.0 cm³/mol. The molecule has 1 aromatic rings. The van der Waals surface area contributed by atoms with Crippen LogP contribution >= 0.6 is 0 Å². The highest BCUT2D eigenvalue weighted by molar-refractivity contribution is 5.32. The summed E-state index contributed by atoms with van der Waals surface area (Å²) in [5.41, 5.74) is 3.16. The third kappa shape index (κ3) is 3.07. The van der Waals surface area contributed by atoms with Gasteiger partial charge in [-0.2, -0.15) is 0 Å². The maximum Gasteiger partial charge on any atom is 0.0445 e. The molecule has 0 spiro atoms. The highest BCUT2D eigenvalue weighted by atomic mass is 16.3. The van der Waals surface area contributed by atoms with E-state index in [0.29, 0.717) is 18.6 Å². The Morgan fingerprint density at radius 2 is 2.00 bits per heavy atom. The summed E-state index contributed by atoms with van der Waals surface area (Å²) in [7, 11) is 0. The lowest BCUT2D eigenvalue weighted by atomic mass is 9.82. The minimum absolute atomic E-state index is 0.336. The Morgan fingerprint density at radius 1 is 1.10 bits per heavy atom. The van der Waals surface area contributed by atoms with Gasteiger partial charge in [0.2, 0.25) is 0 Å². The Morgan fingerprint density at radius 3 is 2.90 bits per heavy atom. The summed E-state index contributed by atoms with van der Waals surface area (Å²) < 4.78 is 0.